The molecule has 4 aromatic rings. The number of nitrogens with two attached hydrogens (primary N) is 1. The molecule has 0 spiro atoms. The van der Waals surface area contributed by atoms with Crippen LogP contribution in [0.2, 0.25) is 10.0 Å². The summed E-state index contributed by atoms with van der Waals surface area (Å²) in [6.45, 7) is 2.13. The summed E-state index contributed by atoms with van der Waals surface area (Å²) in [5, 5.41) is 20.1. The highest BCUT2D eigenvalue weighted by Gasteiger charge is 2.10. The van der Waals surface area contributed by atoms with E-state index in [2.05, 4.69) is 20.4 Å². The Morgan fingerprint density at radius 3 is 1.84 bits per heavy atom. The SMILES string of the molecule is CCOC(=O)Cc1nncc2ccc(Cl)cc12.NC(=O)Cc1nncc2ccc(Cl)cc12. The second-order valence-electron chi connectivity index (χ2n) is 6.67. The van der Waals surface area contributed by atoms with Gasteiger partial charge in [0, 0.05) is 31.6 Å². The van der Waals surface area contributed by atoms with Gasteiger partial charge in [0.15, 0.2) is 0 Å². The van der Waals surface area contributed by atoms with E-state index in [1.807, 2.05) is 12.1 Å². The van der Waals surface area contributed by atoms with Gasteiger partial charge in [0.2, 0.25) is 5.91 Å². The summed E-state index contributed by atoms with van der Waals surface area (Å²) in [4.78, 5) is 22.2. The first-order chi connectivity index (χ1) is 15.4. The van der Waals surface area contributed by atoms with Gasteiger partial charge in [-0.2, -0.15) is 20.4 Å². The fourth-order valence-electron chi connectivity index (χ4n) is 2.99. The maximum atomic E-state index is 11.4. The Labute approximate surface area is 193 Å². The van der Waals surface area contributed by atoms with Crippen molar-refractivity contribution in [3.63, 3.8) is 0 Å². The number of fused-ring (bicyclic) bond motifs is 2. The largest absolute Gasteiger partial charge is 0.466 e. The topological polar surface area (TPSA) is 121 Å². The van der Waals surface area contributed by atoms with Crippen LogP contribution >= 0.6 is 23.2 Å². The van der Waals surface area contributed by atoms with Crippen LogP contribution in [0.3, 0.4) is 0 Å². The maximum absolute atomic E-state index is 11.4. The van der Waals surface area contributed by atoms with Crippen LogP contribution in [0, 0.1) is 0 Å². The Bertz CT molecular complexity index is 1280. The van der Waals surface area contributed by atoms with Crippen LogP contribution in [0.1, 0.15) is 18.3 Å². The molecule has 164 valence electrons. The van der Waals surface area contributed by atoms with Crippen molar-refractivity contribution in [3.05, 3.63) is 70.2 Å². The summed E-state index contributed by atoms with van der Waals surface area (Å²) < 4.78 is 4.89. The monoisotopic (exact) mass is 471 g/mol. The lowest BCUT2D eigenvalue weighted by Gasteiger charge is -2.04. The number of hydrogen-bond acceptors (Lipinski definition) is 7. The molecule has 0 atom stereocenters. The smallest absolute Gasteiger partial charge is 0.311 e. The molecule has 0 aliphatic carbocycles. The van der Waals surface area contributed by atoms with Gasteiger partial charge in [0.05, 0.1) is 43.2 Å². The predicted octanol–water partition coefficient (Wildman–Crippen LogP) is 3.70. The molecule has 2 N–H and O–H groups in total. The Morgan fingerprint density at radius 1 is 0.875 bits per heavy atom. The van der Waals surface area contributed by atoms with Crippen molar-refractivity contribution in [1.29, 1.82) is 0 Å². The molecule has 0 saturated carbocycles. The summed E-state index contributed by atoms with van der Waals surface area (Å²) in [7, 11) is 0. The van der Waals surface area contributed by atoms with Crippen molar-refractivity contribution in [2.45, 2.75) is 19.8 Å². The summed E-state index contributed by atoms with van der Waals surface area (Å²) in [5.41, 5.74) is 6.26. The van der Waals surface area contributed by atoms with Crippen LogP contribution in [-0.2, 0) is 27.2 Å². The number of amides is 1. The van der Waals surface area contributed by atoms with E-state index < -0.39 is 5.91 Å². The number of halogens is 2. The molecule has 1 amide bonds. The van der Waals surface area contributed by atoms with Gasteiger partial charge in [-0.3, -0.25) is 9.59 Å². The van der Waals surface area contributed by atoms with Crippen molar-refractivity contribution in [3.8, 4) is 0 Å². The molecule has 0 aliphatic rings. The Kier molecular flexibility index (Phi) is 7.86. The van der Waals surface area contributed by atoms with Gasteiger partial charge in [0.1, 0.15) is 0 Å². The molecule has 0 bridgehead atoms. The van der Waals surface area contributed by atoms with Crippen LogP contribution in [0.15, 0.2) is 48.8 Å². The predicted molar refractivity (Wildman–Crippen MR) is 122 cm³/mol. The van der Waals surface area contributed by atoms with Crippen LogP contribution in [0.25, 0.3) is 21.5 Å². The van der Waals surface area contributed by atoms with E-state index in [0.29, 0.717) is 28.0 Å². The molecular formula is C22H19Cl2N5O3. The molecule has 0 saturated heterocycles. The third-order valence-corrected chi connectivity index (χ3v) is 4.83. The minimum Gasteiger partial charge on any atom is -0.466 e. The number of hydrogen-bond donors (Lipinski definition) is 1. The van der Waals surface area contributed by atoms with E-state index in [1.165, 1.54) is 0 Å². The normalized spacial score (nSPS) is 10.5. The van der Waals surface area contributed by atoms with Crippen LogP contribution in [0.4, 0.5) is 0 Å². The van der Waals surface area contributed by atoms with Crippen molar-refractivity contribution >= 4 is 56.6 Å². The molecule has 32 heavy (non-hydrogen) atoms. The Balaban J connectivity index is 0.000000182. The standard InChI is InChI=1S/C12H11ClN2O2.C10H8ClN3O/c1-2-17-12(16)6-11-10-5-9(13)4-3-8(10)7-14-15-11;11-7-2-1-6-5-13-14-9(4-10(12)15)8(6)3-7/h3-5,7H,2,6H2,1H3;1-3,5H,4H2,(H2,12,15). The van der Waals surface area contributed by atoms with Crippen LogP contribution < -0.4 is 5.73 Å². The van der Waals surface area contributed by atoms with E-state index >= 15 is 0 Å². The molecule has 0 fully saturated rings. The van der Waals surface area contributed by atoms with Gasteiger partial charge < -0.3 is 10.5 Å². The van der Waals surface area contributed by atoms with E-state index in [1.54, 1.807) is 43.6 Å². The highest BCUT2D eigenvalue weighted by Crippen LogP contribution is 2.22. The van der Waals surface area contributed by atoms with Crippen molar-refractivity contribution in [2.24, 2.45) is 5.73 Å². The minimum absolute atomic E-state index is 0.0741. The van der Waals surface area contributed by atoms with E-state index in [9.17, 15) is 9.59 Å². The van der Waals surface area contributed by atoms with Crippen LogP contribution in [0.5, 0.6) is 0 Å². The van der Waals surface area contributed by atoms with Gasteiger partial charge in [-0.1, -0.05) is 35.3 Å². The fourth-order valence-corrected chi connectivity index (χ4v) is 3.33. The summed E-state index contributed by atoms with van der Waals surface area (Å²) >= 11 is 11.8. The number of rotatable bonds is 5. The number of benzene rings is 2. The number of carbonyl (C=O) groups is 2. The van der Waals surface area contributed by atoms with Gasteiger partial charge in [-0.05, 0) is 31.2 Å². The van der Waals surface area contributed by atoms with Gasteiger partial charge in [0.25, 0.3) is 0 Å². The first-order valence-electron chi connectivity index (χ1n) is 9.61. The molecule has 2 heterocycles. The first-order valence-corrected chi connectivity index (χ1v) is 10.4. The van der Waals surface area contributed by atoms with E-state index in [0.717, 1.165) is 21.5 Å². The average molecular weight is 472 g/mol. The highest BCUT2D eigenvalue weighted by molar-refractivity contribution is 6.31. The molecule has 10 heteroatoms. The number of esters is 1. The van der Waals surface area contributed by atoms with Crippen molar-refractivity contribution < 1.29 is 14.3 Å². The molecule has 2 aromatic heterocycles. The maximum Gasteiger partial charge on any atom is 0.311 e. The fraction of sp³-hybridized carbons (Fsp3) is 0.182. The number of carbonyl (C=O) groups excluding carboxylic acids is 2. The van der Waals surface area contributed by atoms with E-state index in [4.69, 9.17) is 33.7 Å². The van der Waals surface area contributed by atoms with Gasteiger partial charge in [-0.15, -0.1) is 0 Å². The summed E-state index contributed by atoms with van der Waals surface area (Å²) in [6, 6.07) is 10.8. The lowest BCUT2D eigenvalue weighted by atomic mass is 10.1. The van der Waals surface area contributed by atoms with Gasteiger partial charge >= 0.3 is 5.97 Å². The lowest BCUT2D eigenvalue weighted by molar-refractivity contribution is -0.142. The Hall–Kier alpha value is -3.36. The number of ether oxygens (including phenoxy) is 1. The third-order valence-electron chi connectivity index (χ3n) is 4.36. The molecule has 8 nitrogen and oxygen atoms in total. The summed E-state index contributed by atoms with van der Waals surface area (Å²) in [6.07, 6.45) is 3.44. The lowest BCUT2D eigenvalue weighted by Crippen LogP contribution is -2.15. The second kappa shape index (κ2) is 10.8. The second-order valence-corrected chi connectivity index (χ2v) is 7.54. The first kappa shape index (κ1) is 23.3. The molecular weight excluding hydrogens is 453 g/mol. The molecule has 4 rings (SSSR count). The molecule has 0 radical (unpaired) electrons. The molecule has 0 unspecified atom stereocenters. The van der Waals surface area contributed by atoms with Gasteiger partial charge in [-0.25, -0.2) is 0 Å². The number of primary amides is 1. The quantitative estimate of drug-likeness (QED) is 0.440. The minimum atomic E-state index is -0.434. The summed E-state index contributed by atoms with van der Waals surface area (Å²) in [5.74, 6) is -0.744. The van der Waals surface area contributed by atoms with Crippen molar-refractivity contribution in [2.75, 3.05) is 6.61 Å². The molecule has 2 aromatic carbocycles. The average Bonchev–Trinajstić information content (AvgIpc) is 2.75. The van der Waals surface area contributed by atoms with Crippen LogP contribution in [-0.4, -0.2) is 38.9 Å². The zero-order valence-electron chi connectivity index (χ0n) is 17.1. The molecule has 0 aliphatic heterocycles. The zero-order chi connectivity index (χ0) is 23.1. The Morgan fingerprint density at radius 2 is 1.38 bits per heavy atom. The number of aromatic nitrogens is 4. The number of nitrogens with zero attached hydrogens (tertiary/aromatic N) is 4. The van der Waals surface area contributed by atoms with Crippen molar-refractivity contribution in [1.82, 2.24) is 20.4 Å². The van der Waals surface area contributed by atoms with E-state index in [-0.39, 0.29) is 18.8 Å². The zero-order valence-corrected chi connectivity index (χ0v) is 18.6. The highest BCUT2D eigenvalue weighted by atomic mass is 35.5. The third kappa shape index (κ3) is 6.09.